The van der Waals surface area contributed by atoms with Crippen LogP contribution in [-0.2, 0) is 6.54 Å². The number of fused-ring (bicyclic) bond motifs is 1. The smallest absolute Gasteiger partial charge is 0.224 e. The van der Waals surface area contributed by atoms with E-state index in [1.165, 1.54) is 0 Å². The van der Waals surface area contributed by atoms with Gasteiger partial charge >= 0.3 is 0 Å². The zero-order valence-corrected chi connectivity index (χ0v) is 15.4. The number of aromatic nitrogens is 7. The third-order valence-electron chi connectivity index (χ3n) is 5.18. The molecule has 0 saturated carbocycles. The summed E-state index contributed by atoms with van der Waals surface area (Å²) in [4.78, 5) is 27.4. The highest BCUT2D eigenvalue weighted by Crippen LogP contribution is 2.31. The summed E-state index contributed by atoms with van der Waals surface area (Å²) in [7, 11) is 0. The van der Waals surface area contributed by atoms with E-state index in [9.17, 15) is 0 Å². The lowest BCUT2D eigenvalue weighted by atomic mass is 9.97. The van der Waals surface area contributed by atoms with Crippen molar-refractivity contribution in [2.45, 2.75) is 25.3 Å². The van der Waals surface area contributed by atoms with Gasteiger partial charge in [-0.3, -0.25) is 4.98 Å². The highest BCUT2D eigenvalue weighted by Gasteiger charge is 2.27. The van der Waals surface area contributed by atoms with Crippen LogP contribution in [0.2, 0.25) is 0 Å². The summed E-state index contributed by atoms with van der Waals surface area (Å²) in [5.74, 6) is 2.45. The van der Waals surface area contributed by atoms with E-state index in [1.54, 1.807) is 6.33 Å². The molecule has 5 heterocycles. The summed E-state index contributed by atoms with van der Waals surface area (Å²) in [6, 6.07) is 5.98. The Hall–Kier alpha value is -3.49. The minimum atomic E-state index is 0.244. The first-order valence-corrected chi connectivity index (χ1v) is 9.40. The molecule has 0 spiro atoms. The third-order valence-corrected chi connectivity index (χ3v) is 5.18. The number of pyridine rings is 1. The Bertz CT molecular complexity index is 1090. The van der Waals surface area contributed by atoms with E-state index in [0.29, 0.717) is 11.6 Å². The van der Waals surface area contributed by atoms with Crippen LogP contribution in [0.4, 0.5) is 11.8 Å². The maximum Gasteiger partial charge on any atom is 0.224 e. The van der Waals surface area contributed by atoms with Gasteiger partial charge in [-0.1, -0.05) is 6.07 Å². The monoisotopic (exact) mass is 375 g/mol. The molecule has 0 aliphatic carbocycles. The topological polar surface area (TPSA) is 114 Å². The predicted molar refractivity (Wildman–Crippen MR) is 106 cm³/mol. The summed E-state index contributed by atoms with van der Waals surface area (Å²) < 4.78 is 2.19. The maximum absolute atomic E-state index is 5.90. The Morgan fingerprint density at radius 3 is 3.00 bits per heavy atom. The molecule has 0 amide bonds. The van der Waals surface area contributed by atoms with Crippen LogP contribution in [0.5, 0.6) is 0 Å². The van der Waals surface area contributed by atoms with Crippen LogP contribution in [0.15, 0.2) is 43.1 Å². The van der Waals surface area contributed by atoms with Crippen LogP contribution in [0, 0.1) is 0 Å². The molecule has 9 heteroatoms. The van der Waals surface area contributed by atoms with Gasteiger partial charge in [0.2, 0.25) is 5.95 Å². The largest absolute Gasteiger partial charge is 0.368 e. The molecule has 1 aliphatic rings. The average Bonchev–Trinajstić information content (AvgIpc) is 3.37. The maximum atomic E-state index is 5.90. The molecule has 1 unspecified atom stereocenters. The highest BCUT2D eigenvalue weighted by molar-refractivity contribution is 5.84. The summed E-state index contributed by atoms with van der Waals surface area (Å²) >= 11 is 0. The number of nitrogens with two attached hydrogens (primary N) is 1. The van der Waals surface area contributed by atoms with Gasteiger partial charge in [0, 0.05) is 37.6 Å². The number of hydrogen-bond acceptors (Lipinski definition) is 7. The van der Waals surface area contributed by atoms with Gasteiger partial charge in [-0.25, -0.2) is 9.97 Å². The van der Waals surface area contributed by atoms with Crippen LogP contribution in [0.1, 0.15) is 30.3 Å². The van der Waals surface area contributed by atoms with Crippen LogP contribution in [0.3, 0.4) is 0 Å². The molecule has 4 aromatic rings. The molecule has 1 aliphatic heterocycles. The SMILES string of the molecule is Nc1nc(N2CCCC(c3nccn3Cc3ccccn3)C2)c2[nH]cnc2n1. The summed E-state index contributed by atoms with van der Waals surface area (Å²) in [6.07, 6.45) is 9.49. The number of hydrogen-bond donors (Lipinski definition) is 2. The van der Waals surface area contributed by atoms with Gasteiger partial charge in [0.1, 0.15) is 11.3 Å². The first-order valence-electron chi connectivity index (χ1n) is 9.40. The molecule has 4 aromatic heterocycles. The Kier molecular flexibility index (Phi) is 4.12. The summed E-state index contributed by atoms with van der Waals surface area (Å²) in [5.41, 5.74) is 8.35. The fourth-order valence-electron chi connectivity index (χ4n) is 3.92. The van der Waals surface area contributed by atoms with Crippen LogP contribution in [-0.4, -0.2) is 47.6 Å². The zero-order chi connectivity index (χ0) is 18.9. The number of anilines is 2. The van der Waals surface area contributed by atoms with Crippen molar-refractivity contribution in [3.8, 4) is 0 Å². The lowest BCUT2D eigenvalue weighted by molar-refractivity contribution is 0.474. The second-order valence-electron chi connectivity index (χ2n) is 7.03. The molecule has 0 radical (unpaired) electrons. The van der Waals surface area contributed by atoms with Crippen LogP contribution in [0.25, 0.3) is 11.2 Å². The van der Waals surface area contributed by atoms with E-state index in [0.717, 1.165) is 55.3 Å². The van der Waals surface area contributed by atoms with Gasteiger partial charge in [0.25, 0.3) is 0 Å². The van der Waals surface area contributed by atoms with E-state index in [-0.39, 0.29) is 5.95 Å². The molecule has 1 fully saturated rings. The molecule has 1 saturated heterocycles. The number of nitrogens with zero attached hydrogens (tertiary/aromatic N) is 7. The van der Waals surface area contributed by atoms with Gasteiger partial charge < -0.3 is 20.2 Å². The van der Waals surface area contributed by atoms with E-state index >= 15 is 0 Å². The average molecular weight is 375 g/mol. The third kappa shape index (κ3) is 3.04. The number of H-pyrrole nitrogens is 1. The van der Waals surface area contributed by atoms with E-state index < -0.39 is 0 Å². The van der Waals surface area contributed by atoms with Gasteiger partial charge in [0.15, 0.2) is 11.5 Å². The molecule has 142 valence electrons. The molecule has 3 N–H and O–H groups in total. The van der Waals surface area contributed by atoms with Crippen LogP contribution >= 0.6 is 0 Å². The quantitative estimate of drug-likeness (QED) is 0.560. The Morgan fingerprint density at radius 2 is 2.11 bits per heavy atom. The fraction of sp³-hybridized carbons (Fsp3) is 0.316. The molecular formula is C19H21N9. The first kappa shape index (κ1) is 16.7. The number of imidazole rings is 2. The van der Waals surface area contributed by atoms with E-state index in [2.05, 4.69) is 39.4 Å². The fourth-order valence-corrected chi connectivity index (χ4v) is 3.92. The standard InChI is InChI=1S/C19H21N9/c20-19-25-16-15(23-12-24-16)18(26-19)27-8-3-4-13(10-27)17-22-7-9-28(17)11-14-5-1-2-6-21-14/h1-2,5-7,9,12-13H,3-4,8,10-11H2,(H3,20,23,24,25,26). The predicted octanol–water partition coefficient (Wildman–Crippen LogP) is 1.96. The van der Waals surface area contributed by atoms with Crippen molar-refractivity contribution in [2.24, 2.45) is 0 Å². The van der Waals surface area contributed by atoms with Crippen molar-refractivity contribution in [2.75, 3.05) is 23.7 Å². The van der Waals surface area contributed by atoms with Gasteiger partial charge in [-0.05, 0) is 25.0 Å². The number of rotatable bonds is 4. The lowest BCUT2D eigenvalue weighted by Crippen LogP contribution is -2.36. The van der Waals surface area contributed by atoms with Crippen molar-refractivity contribution in [1.82, 2.24) is 34.5 Å². The van der Waals surface area contributed by atoms with Gasteiger partial charge in [-0.2, -0.15) is 9.97 Å². The van der Waals surface area contributed by atoms with Crippen molar-refractivity contribution >= 4 is 22.9 Å². The molecule has 28 heavy (non-hydrogen) atoms. The Morgan fingerprint density at radius 1 is 1.14 bits per heavy atom. The second kappa shape index (κ2) is 6.91. The first-order chi connectivity index (χ1) is 13.8. The molecule has 0 bridgehead atoms. The number of aromatic amines is 1. The molecule has 5 rings (SSSR count). The van der Waals surface area contributed by atoms with Crippen molar-refractivity contribution < 1.29 is 0 Å². The number of nitrogens with one attached hydrogen (secondary N) is 1. The lowest BCUT2D eigenvalue weighted by Gasteiger charge is -2.33. The number of piperidine rings is 1. The molecule has 1 atom stereocenters. The van der Waals surface area contributed by atoms with Crippen molar-refractivity contribution in [3.05, 3.63) is 54.6 Å². The summed E-state index contributed by atoms with van der Waals surface area (Å²) in [6.45, 7) is 2.46. The zero-order valence-electron chi connectivity index (χ0n) is 15.4. The highest BCUT2D eigenvalue weighted by atomic mass is 15.2. The van der Waals surface area contributed by atoms with E-state index in [4.69, 9.17) is 5.73 Å². The van der Waals surface area contributed by atoms with Gasteiger partial charge in [-0.15, -0.1) is 0 Å². The normalized spacial score (nSPS) is 17.3. The minimum absolute atomic E-state index is 0.244. The molecular weight excluding hydrogens is 354 g/mol. The summed E-state index contributed by atoms with van der Waals surface area (Å²) in [5, 5.41) is 0. The minimum Gasteiger partial charge on any atom is -0.368 e. The van der Waals surface area contributed by atoms with Gasteiger partial charge in [0.05, 0.1) is 18.6 Å². The number of nitrogen functional groups attached to an aromatic ring is 1. The van der Waals surface area contributed by atoms with Crippen molar-refractivity contribution in [1.29, 1.82) is 0 Å². The molecule has 0 aromatic carbocycles. The molecule has 9 nitrogen and oxygen atoms in total. The Labute approximate surface area is 161 Å². The van der Waals surface area contributed by atoms with E-state index in [1.807, 2.05) is 36.8 Å². The Balaban J connectivity index is 1.42. The van der Waals surface area contributed by atoms with Crippen LogP contribution < -0.4 is 10.6 Å². The second-order valence-corrected chi connectivity index (χ2v) is 7.03. The van der Waals surface area contributed by atoms with Crippen molar-refractivity contribution in [3.63, 3.8) is 0 Å².